The summed E-state index contributed by atoms with van der Waals surface area (Å²) in [4.78, 5) is 4.01. The van der Waals surface area contributed by atoms with Crippen molar-refractivity contribution in [3.8, 4) is 0 Å². The number of rotatable bonds is 10. The van der Waals surface area contributed by atoms with E-state index in [0.717, 1.165) is 18.5 Å². The second kappa shape index (κ2) is 7.84. The molecule has 0 aliphatic heterocycles. The Kier molecular flexibility index (Phi) is 6.10. The smallest absolute Gasteiger partial charge is 0.279 e. The largest absolute Gasteiger partial charge is 0.314 e. The molecule has 1 aromatic heterocycles. The Morgan fingerprint density at radius 3 is 2.86 bits per heavy atom. The molecule has 1 heterocycles. The summed E-state index contributed by atoms with van der Waals surface area (Å²) in [6.45, 7) is 1.79. The van der Waals surface area contributed by atoms with Crippen LogP contribution in [-0.2, 0) is 16.6 Å². The van der Waals surface area contributed by atoms with E-state index in [2.05, 4.69) is 15.0 Å². The second-order valence-electron chi connectivity index (χ2n) is 5.41. The summed E-state index contributed by atoms with van der Waals surface area (Å²) < 4.78 is 28.1. The van der Waals surface area contributed by atoms with Gasteiger partial charge in [-0.1, -0.05) is 6.07 Å². The minimum Gasteiger partial charge on any atom is -0.314 e. The molecule has 2 rings (SSSR count). The Hall–Kier alpha value is -1.02. The summed E-state index contributed by atoms with van der Waals surface area (Å²) in [5.74, 6) is 0. The third kappa shape index (κ3) is 6.09. The van der Waals surface area contributed by atoms with Gasteiger partial charge >= 0.3 is 0 Å². The highest BCUT2D eigenvalue weighted by Gasteiger charge is 2.20. The molecule has 1 fully saturated rings. The number of hydrogen-bond acceptors (Lipinski definition) is 4. The zero-order valence-electron chi connectivity index (χ0n) is 12.5. The molecular weight excluding hydrogens is 288 g/mol. The number of aromatic nitrogens is 1. The Morgan fingerprint density at radius 1 is 1.38 bits per heavy atom. The van der Waals surface area contributed by atoms with Crippen molar-refractivity contribution >= 4 is 10.2 Å². The molecule has 0 radical (unpaired) electrons. The van der Waals surface area contributed by atoms with E-state index in [1.54, 1.807) is 19.4 Å². The number of pyridine rings is 1. The number of hydrogen-bond donors (Lipinski definition) is 2. The van der Waals surface area contributed by atoms with Gasteiger partial charge in [0.1, 0.15) is 0 Å². The van der Waals surface area contributed by atoms with Crippen molar-refractivity contribution in [2.45, 2.75) is 31.7 Å². The molecule has 1 aliphatic rings. The molecule has 0 spiro atoms. The normalized spacial score (nSPS) is 15.5. The first-order chi connectivity index (χ1) is 10.1. The molecule has 0 bridgehead atoms. The fourth-order valence-electron chi connectivity index (χ4n) is 2.00. The molecular formula is C14H24N4O2S. The molecule has 6 nitrogen and oxygen atoms in total. The first-order valence-electron chi connectivity index (χ1n) is 7.41. The van der Waals surface area contributed by atoms with Gasteiger partial charge in [-0.3, -0.25) is 4.98 Å². The number of nitrogens with one attached hydrogen (secondary N) is 2. The van der Waals surface area contributed by atoms with Gasteiger partial charge in [0.15, 0.2) is 0 Å². The van der Waals surface area contributed by atoms with E-state index in [0.29, 0.717) is 25.6 Å². The highest BCUT2D eigenvalue weighted by Crippen LogP contribution is 2.18. The molecule has 2 N–H and O–H groups in total. The third-order valence-electron chi connectivity index (χ3n) is 3.49. The van der Waals surface area contributed by atoms with Crippen LogP contribution in [0.4, 0.5) is 0 Å². The van der Waals surface area contributed by atoms with Gasteiger partial charge in [0.05, 0.1) is 0 Å². The maximum atomic E-state index is 12.0. The molecule has 0 saturated heterocycles. The average molecular weight is 312 g/mol. The van der Waals surface area contributed by atoms with E-state index >= 15 is 0 Å². The SMILES string of the molecule is CN(CCCNC1CC1)S(=O)(=O)NCCc1cccnc1. The summed E-state index contributed by atoms with van der Waals surface area (Å²) in [6, 6.07) is 4.46. The first kappa shape index (κ1) is 16.4. The predicted molar refractivity (Wildman–Crippen MR) is 83.1 cm³/mol. The van der Waals surface area contributed by atoms with Crippen LogP contribution in [0.25, 0.3) is 0 Å². The average Bonchev–Trinajstić information content (AvgIpc) is 3.28. The van der Waals surface area contributed by atoms with Gasteiger partial charge in [0.25, 0.3) is 10.2 Å². The second-order valence-corrected chi connectivity index (χ2v) is 7.28. The quantitative estimate of drug-likeness (QED) is 0.618. The van der Waals surface area contributed by atoms with Gasteiger partial charge in [0, 0.05) is 38.6 Å². The molecule has 1 aromatic rings. The molecule has 0 amide bonds. The summed E-state index contributed by atoms with van der Waals surface area (Å²) in [7, 11) is -1.77. The zero-order chi connectivity index (χ0) is 15.1. The van der Waals surface area contributed by atoms with Gasteiger partial charge in [-0.05, 0) is 43.9 Å². The van der Waals surface area contributed by atoms with E-state index in [9.17, 15) is 8.42 Å². The lowest BCUT2D eigenvalue weighted by molar-refractivity contribution is 0.444. The van der Waals surface area contributed by atoms with Crippen LogP contribution in [0.2, 0.25) is 0 Å². The van der Waals surface area contributed by atoms with E-state index < -0.39 is 10.2 Å². The van der Waals surface area contributed by atoms with Crippen molar-refractivity contribution < 1.29 is 8.42 Å². The van der Waals surface area contributed by atoms with E-state index in [1.807, 2.05) is 12.1 Å². The molecule has 0 unspecified atom stereocenters. The molecule has 21 heavy (non-hydrogen) atoms. The number of nitrogens with zero attached hydrogens (tertiary/aromatic N) is 2. The lowest BCUT2D eigenvalue weighted by Crippen LogP contribution is -2.40. The minimum absolute atomic E-state index is 0.388. The Morgan fingerprint density at radius 2 is 2.19 bits per heavy atom. The van der Waals surface area contributed by atoms with Gasteiger partial charge in [-0.15, -0.1) is 0 Å². The van der Waals surface area contributed by atoms with Gasteiger partial charge in [0.2, 0.25) is 0 Å². The highest BCUT2D eigenvalue weighted by atomic mass is 32.2. The van der Waals surface area contributed by atoms with Crippen LogP contribution in [0, 0.1) is 0 Å². The van der Waals surface area contributed by atoms with Crippen LogP contribution >= 0.6 is 0 Å². The summed E-state index contributed by atoms with van der Waals surface area (Å²) in [5.41, 5.74) is 1.02. The Bertz CT molecular complexity index is 517. The Labute approximate surface area is 127 Å². The summed E-state index contributed by atoms with van der Waals surface area (Å²) in [5, 5.41) is 3.38. The van der Waals surface area contributed by atoms with Crippen molar-refractivity contribution in [1.29, 1.82) is 0 Å². The standard InChI is InChI=1S/C14H24N4O2S/c1-18(11-3-9-16-14-5-6-14)21(19,20)17-10-7-13-4-2-8-15-12-13/h2,4,8,12,14,16-17H,3,5-7,9-11H2,1H3. The lowest BCUT2D eigenvalue weighted by Gasteiger charge is -2.17. The topological polar surface area (TPSA) is 74.3 Å². The predicted octanol–water partition coefficient (Wildman–Crippen LogP) is 0.532. The van der Waals surface area contributed by atoms with Crippen LogP contribution in [0.3, 0.4) is 0 Å². The third-order valence-corrected chi connectivity index (χ3v) is 5.06. The van der Waals surface area contributed by atoms with Crippen molar-refractivity contribution in [3.63, 3.8) is 0 Å². The molecule has 7 heteroatoms. The fraction of sp³-hybridized carbons (Fsp3) is 0.643. The zero-order valence-corrected chi connectivity index (χ0v) is 13.3. The van der Waals surface area contributed by atoms with Crippen LogP contribution in [0.1, 0.15) is 24.8 Å². The van der Waals surface area contributed by atoms with Crippen molar-refractivity contribution in [2.75, 3.05) is 26.7 Å². The van der Waals surface area contributed by atoms with Gasteiger partial charge in [-0.2, -0.15) is 12.7 Å². The van der Waals surface area contributed by atoms with E-state index in [1.165, 1.54) is 17.1 Å². The van der Waals surface area contributed by atoms with Crippen LogP contribution in [0.5, 0.6) is 0 Å². The summed E-state index contributed by atoms with van der Waals surface area (Å²) in [6.07, 6.45) is 7.44. The van der Waals surface area contributed by atoms with E-state index in [-0.39, 0.29) is 0 Å². The lowest BCUT2D eigenvalue weighted by atomic mass is 10.2. The molecule has 1 saturated carbocycles. The maximum Gasteiger partial charge on any atom is 0.279 e. The van der Waals surface area contributed by atoms with E-state index in [4.69, 9.17) is 0 Å². The van der Waals surface area contributed by atoms with Crippen LogP contribution in [0.15, 0.2) is 24.5 Å². The molecule has 1 aliphatic carbocycles. The monoisotopic (exact) mass is 312 g/mol. The molecule has 118 valence electrons. The molecule has 0 atom stereocenters. The van der Waals surface area contributed by atoms with Crippen molar-refractivity contribution in [1.82, 2.24) is 19.3 Å². The van der Waals surface area contributed by atoms with Gasteiger partial charge in [-0.25, -0.2) is 4.72 Å². The first-order valence-corrected chi connectivity index (χ1v) is 8.85. The maximum absolute atomic E-state index is 12.0. The Balaban J connectivity index is 1.64. The highest BCUT2D eigenvalue weighted by molar-refractivity contribution is 7.87. The van der Waals surface area contributed by atoms with Gasteiger partial charge < -0.3 is 5.32 Å². The van der Waals surface area contributed by atoms with Crippen molar-refractivity contribution in [2.24, 2.45) is 0 Å². The summed E-state index contributed by atoms with van der Waals surface area (Å²) >= 11 is 0. The van der Waals surface area contributed by atoms with Crippen molar-refractivity contribution in [3.05, 3.63) is 30.1 Å². The molecule has 0 aromatic carbocycles. The van der Waals surface area contributed by atoms with Crippen LogP contribution in [-0.4, -0.2) is 50.4 Å². The van der Waals surface area contributed by atoms with Crippen LogP contribution < -0.4 is 10.0 Å². The fourth-order valence-corrected chi connectivity index (χ4v) is 2.95. The minimum atomic E-state index is -3.38.